The maximum Gasteiger partial charge on any atom is 0.0710 e. The van der Waals surface area contributed by atoms with Crippen molar-refractivity contribution >= 4 is 0 Å². The second kappa shape index (κ2) is 7.48. The lowest BCUT2D eigenvalue weighted by molar-refractivity contribution is 0.748. The van der Waals surface area contributed by atoms with E-state index in [1.54, 1.807) is 0 Å². The van der Waals surface area contributed by atoms with Crippen LogP contribution in [0, 0.1) is 6.92 Å². The zero-order valence-corrected chi connectivity index (χ0v) is 14.9. The van der Waals surface area contributed by atoms with E-state index in [0.29, 0.717) is 0 Å². The summed E-state index contributed by atoms with van der Waals surface area (Å²) in [4.78, 5) is 0. The number of unbranched alkanes of at least 4 members (excludes halogenated alkanes) is 1. The van der Waals surface area contributed by atoms with Crippen LogP contribution in [-0.2, 0) is 12.8 Å². The topological polar surface area (TPSA) is 17.8 Å². The third-order valence-corrected chi connectivity index (χ3v) is 4.61. The van der Waals surface area contributed by atoms with Gasteiger partial charge in [-0.1, -0.05) is 62.7 Å². The minimum atomic E-state index is 1.03. The third-order valence-electron chi connectivity index (χ3n) is 4.61. The third kappa shape index (κ3) is 3.28. The molecule has 0 saturated heterocycles. The van der Waals surface area contributed by atoms with Crippen LogP contribution < -0.4 is 0 Å². The Bertz CT molecular complexity index is 783. The molecule has 0 radical (unpaired) electrons. The van der Waals surface area contributed by atoms with Crippen molar-refractivity contribution in [3.63, 3.8) is 0 Å². The highest BCUT2D eigenvalue weighted by molar-refractivity contribution is 5.69. The molecular weight excluding hydrogens is 292 g/mol. The predicted octanol–water partition coefficient (Wildman–Crippen LogP) is 5.75. The van der Waals surface area contributed by atoms with Crippen LogP contribution in [0.15, 0.2) is 54.6 Å². The molecule has 0 aliphatic heterocycles. The Morgan fingerprint density at radius 1 is 0.917 bits per heavy atom. The molecule has 0 spiro atoms. The van der Waals surface area contributed by atoms with Crippen LogP contribution in [0.3, 0.4) is 0 Å². The number of nitrogens with zero attached hydrogens (tertiary/aromatic N) is 2. The zero-order valence-electron chi connectivity index (χ0n) is 14.9. The van der Waals surface area contributed by atoms with E-state index in [1.165, 1.54) is 40.9 Å². The van der Waals surface area contributed by atoms with Gasteiger partial charge in [-0.25, -0.2) is 4.68 Å². The van der Waals surface area contributed by atoms with Gasteiger partial charge in [0.1, 0.15) is 0 Å². The van der Waals surface area contributed by atoms with E-state index in [0.717, 1.165) is 18.5 Å². The molecule has 0 saturated carbocycles. The molecule has 124 valence electrons. The Balaban J connectivity index is 2.08. The standard InChI is InChI=1S/C22H26N2/c1-4-6-12-21-22(19-10-8-7-9-11-19)17(3)24(23-21)20-15-13-18(5-2)14-16-20/h7-11,13-16H,4-6,12H2,1-3H3. The summed E-state index contributed by atoms with van der Waals surface area (Å²) in [6, 6.07) is 19.4. The Morgan fingerprint density at radius 2 is 1.62 bits per heavy atom. The average molecular weight is 318 g/mol. The SMILES string of the molecule is CCCCc1nn(-c2ccc(CC)cc2)c(C)c1-c1ccccc1. The van der Waals surface area contributed by atoms with Crippen molar-refractivity contribution in [3.05, 3.63) is 71.5 Å². The number of hydrogen-bond acceptors (Lipinski definition) is 1. The van der Waals surface area contributed by atoms with E-state index in [1.807, 2.05) is 0 Å². The molecule has 0 N–H and O–H groups in total. The summed E-state index contributed by atoms with van der Waals surface area (Å²) in [6.07, 6.45) is 4.45. The molecule has 2 nitrogen and oxygen atoms in total. The van der Waals surface area contributed by atoms with Crippen molar-refractivity contribution in [2.45, 2.75) is 46.5 Å². The molecule has 0 fully saturated rings. The highest BCUT2D eigenvalue weighted by atomic mass is 15.3. The predicted molar refractivity (Wildman–Crippen MR) is 102 cm³/mol. The first-order valence-corrected chi connectivity index (χ1v) is 8.97. The van der Waals surface area contributed by atoms with Gasteiger partial charge in [-0.15, -0.1) is 0 Å². The first-order valence-electron chi connectivity index (χ1n) is 8.97. The first-order chi connectivity index (χ1) is 11.7. The van der Waals surface area contributed by atoms with Gasteiger partial charge in [-0.3, -0.25) is 0 Å². The molecule has 2 heteroatoms. The second-order valence-electron chi connectivity index (χ2n) is 6.31. The lowest BCUT2D eigenvalue weighted by Gasteiger charge is -2.07. The lowest BCUT2D eigenvalue weighted by atomic mass is 10.0. The van der Waals surface area contributed by atoms with Crippen LogP contribution >= 0.6 is 0 Å². The van der Waals surface area contributed by atoms with Crippen molar-refractivity contribution in [3.8, 4) is 16.8 Å². The monoisotopic (exact) mass is 318 g/mol. The van der Waals surface area contributed by atoms with Gasteiger partial charge in [0.2, 0.25) is 0 Å². The fourth-order valence-electron chi connectivity index (χ4n) is 3.18. The molecule has 0 unspecified atom stereocenters. The van der Waals surface area contributed by atoms with Crippen molar-refractivity contribution in [1.82, 2.24) is 9.78 Å². The highest BCUT2D eigenvalue weighted by Gasteiger charge is 2.16. The van der Waals surface area contributed by atoms with Crippen LogP contribution in [-0.4, -0.2) is 9.78 Å². The average Bonchev–Trinajstić information content (AvgIpc) is 2.97. The Labute approximate surface area is 145 Å². The van der Waals surface area contributed by atoms with E-state index >= 15 is 0 Å². The highest BCUT2D eigenvalue weighted by Crippen LogP contribution is 2.30. The van der Waals surface area contributed by atoms with E-state index in [-0.39, 0.29) is 0 Å². The Kier molecular flexibility index (Phi) is 5.14. The van der Waals surface area contributed by atoms with Crippen LogP contribution in [0.5, 0.6) is 0 Å². The van der Waals surface area contributed by atoms with Crippen LogP contribution in [0.25, 0.3) is 16.8 Å². The van der Waals surface area contributed by atoms with Crippen molar-refractivity contribution in [2.24, 2.45) is 0 Å². The van der Waals surface area contributed by atoms with Gasteiger partial charge in [-0.2, -0.15) is 5.10 Å². The molecule has 1 aromatic heterocycles. The Hall–Kier alpha value is -2.35. The van der Waals surface area contributed by atoms with Crippen molar-refractivity contribution < 1.29 is 0 Å². The maximum atomic E-state index is 4.97. The number of hydrogen-bond donors (Lipinski definition) is 0. The maximum absolute atomic E-state index is 4.97. The summed E-state index contributed by atoms with van der Waals surface area (Å²) in [5.74, 6) is 0. The number of rotatable bonds is 6. The zero-order chi connectivity index (χ0) is 16.9. The van der Waals surface area contributed by atoms with E-state index < -0.39 is 0 Å². The van der Waals surface area contributed by atoms with Gasteiger partial charge in [0.15, 0.2) is 0 Å². The molecular formula is C22H26N2. The smallest absolute Gasteiger partial charge is 0.0710 e. The van der Waals surface area contributed by atoms with E-state index in [9.17, 15) is 0 Å². The van der Waals surface area contributed by atoms with Gasteiger partial charge in [0.25, 0.3) is 0 Å². The van der Waals surface area contributed by atoms with Crippen LogP contribution in [0.4, 0.5) is 0 Å². The molecule has 3 rings (SSSR count). The molecule has 0 aliphatic carbocycles. The summed E-state index contributed by atoms with van der Waals surface area (Å²) in [5, 5.41) is 4.97. The van der Waals surface area contributed by atoms with Gasteiger partial charge >= 0.3 is 0 Å². The van der Waals surface area contributed by atoms with E-state index in [4.69, 9.17) is 5.10 Å². The van der Waals surface area contributed by atoms with Crippen LogP contribution in [0.1, 0.15) is 43.6 Å². The molecule has 0 bridgehead atoms. The summed E-state index contributed by atoms with van der Waals surface area (Å²) in [7, 11) is 0. The largest absolute Gasteiger partial charge is 0.237 e. The number of benzene rings is 2. The second-order valence-corrected chi connectivity index (χ2v) is 6.31. The molecule has 24 heavy (non-hydrogen) atoms. The number of aromatic nitrogens is 2. The van der Waals surface area contributed by atoms with Gasteiger partial charge < -0.3 is 0 Å². The summed E-state index contributed by atoms with van der Waals surface area (Å²) in [5.41, 5.74) is 7.49. The fraction of sp³-hybridized carbons (Fsp3) is 0.318. The van der Waals surface area contributed by atoms with Crippen molar-refractivity contribution in [1.29, 1.82) is 0 Å². The number of aryl methyl sites for hydroxylation is 2. The molecule has 3 aromatic rings. The quantitative estimate of drug-likeness (QED) is 0.565. The minimum Gasteiger partial charge on any atom is -0.237 e. The molecule has 0 amide bonds. The lowest BCUT2D eigenvalue weighted by Crippen LogP contribution is -1.99. The molecule has 0 atom stereocenters. The van der Waals surface area contributed by atoms with Crippen LogP contribution in [0.2, 0.25) is 0 Å². The molecule has 2 aromatic carbocycles. The summed E-state index contributed by atoms with van der Waals surface area (Å²) < 4.78 is 2.10. The normalized spacial score (nSPS) is 11.0. The van der Waals surface area contributed by atoms with Gasteiger partial charge in [-0.05, 0) is 49.4 Å². The van der Waals surface area contributed by atoms with Gasteiger partial charge in [0, 0.05) is 11.3 Å². The fourth-order valence-corrected chi connectivity index (χ4v) is 3.18. The van der Waals surface area contributed by atoms with E-state index in [2.05, 4.69) is 80.1 Å². The summed E-state index contributed by atoms with van der Waals surface area (Å²) >= 11 is 0. The summed E-state index contributed by atoms with van der Waals surface area (Å²) in [6.45, 7) is 6.60. The molecule has 0 aliphatic rings. The Morgan fingerprint density at radius 3 is 2.25 bits per heavy atom. The van der Waals surface area contributed by atoms with Gasteiger partial charge in [0.05, 0.1) is 11.4 Å². The van der Waals surface area contributed by atoms with Crippen molar-refractivity contribution in [2.75, 3.05) is 0 Å². The molecule has 1 heterocycles. The minimum absolute atomic E-state index is 1.03. The first kappa shape index (κ1) is 16.5.